The molecule has 0 aliphatic heterocycles. The summed E-state index contributed by atoms with van der Waals surface area (Å²) in [6, 6.07) is 0. The third-order valence-corrected chi connectivity index (χ3v) is 5.05. The molecule has 0 spiro atoms. The SMILES string of the molecule is Cc1nn(C)c(Cl)c1CC1(N)CC(C)CCC1C. The fourth-order valence-electron chi connectivity index (χ4n) is 3.22. The molecule has 1 aliphatic carbocycles. The van der Waals surface area contributed by atoms with E-state index < -0.39 is 0 Å². The average molecular weight is 270 g/mol. The Morgan fingerprint density at radius 3 is 2.67 bits per heavy atom. The second-order valence-corrected chi connectivity index (χ2v) is 6.53. The molecule has 0 amide bonds. The van der Waals surface area contributed by atoms with Crippen molar-refractivity contribution < 1.29 is 0 Å². The van der Waals surface area contributed by atoms with Crippen molar-refractivity contribution in [2.75, 3.05) is 0 Å². The van der Waals surface area contributed by atoms with Crippen molar-refractivity contribution in [1.82, 2.24) is 9.78 Å². The molecule has 0 bridgehead atoms. The van der Waals surface area contributed by atoms with Crippen LogP contribution < -0.4 is 5.73 Å². The molecule has 2 N–H and O–H groups in total. The van der Waals surface area contributed by atoms with Crippen molar-refractivity contribution in [3.63, 3.8) is 0 Å². The minimum Gasteiger partial charge on any atom is -0.325 e. The number of halogens is 1. The number of hydrogen-bond donors (Lipinski definition) is 1. The molecule has 0 aromatic carbocycles. The van der Waals surface area contributed by atoms with Crippen LogP contribution in [0.1, 0.15) is 44.4 Å². The van der Waals surface area contributed by atoms with Gasteiger partial charge in [0.1, 0.15) is 5.15 Å². The van der Waals surface area contributed by atoms with Crippen LogP contribution in [-0.2, 0) is 13.5 Å². The number of nitrogens with zero attached hydrogens (tertiary/aromatic N) is 2. The van der Waals surface area contributed by atoms with Gasteiger partial charge in [-0.3, -0.25) is 4.68 Å². The smallest absolute Gasteiger partial charge is 0.130 e. The third kappa shape index (κ3) is 2.43. The molecule has 1 saturated carbocycles. The van der Waals surface area contributed by atoms with Gasteiger partial charge in [0.05, 0.1) is 5.69 Å². The second-order valence-electron chi connectivity index (χ2n) is 6.18. The van der Waals surface area contributed by atoms with Gasteiger partial charge in [-0.2, -0.15) is 5.10 Å². The van der Waals surface area contributed by atoms with Crippen molar-refractivity contribution >= 4 is 11.6 Å². The zero-order valence-electron chi connectivity index (χ0n) is 11.8. The molecule has 4 heteroatoms. The Balaban J connectivity index is 2.26. The van der Waals surface area contributed by atoms with E-state index in [1.165, 1.54) is 12.8 Å². The van der Waals surface area contributed by atoms with E-state index >= 15 is 0 Å². The minimum atomic E-state index is -0.130. The molecule has 1 heterocycles. The molecule has 3 atom stereocenters. The first-order valence-electron chi connectivity index (χ1n) is 6.80. The zero-order valence-corrected chi connectivity index (χ0v) is 12.6. The lowest BCUT2D eigenvalue weighted by Gasteiger charge is -2.42. The van der Waals surface area contributed by atoms with E-state index in [1.807, 2.05) is 14.0 Å². The van der Waals surface area contributed by atoms with E-state index in [0.717, 1.165) is 29.3 Å². The highest BCUT2D eigenvalue weighted by molar-refractivity contribution is 6.30. The molecule has 3 unspecified atom stereocenters. The fraction of sp³-hybridized carbons (Fsp3) is 0.786. The first-order chi connectivity index (χ1) is 8.33. The third-order valence-electron chi connectivity index (χ3n) is 4.58. The van der Waals surface area contributed by atoms with Crippen molar-refractivity contribution in [1.29, 1.82) is 0 Å². The molecule has 18 heavy (non-hydrogen) atoms. The minimum absolute atomic E-state index is 0.130. The molecule has 1 aromatic rings. The van der Waals surface area contributed by atoms with Gasteiger partial charge in [-0.15, -0.1) is 0 Å². The number of rotatable bonds is 2. The van der Waals surface area contributed by atoms with E-state index in [-0.39, 0.29) is 5.54 Å². The number of nitrogens with two attached hydrogens (primary N) is 1. The largest absolute Gasteiger partial charge is 0.325 e. The molecular weight excluding hydrogens is 246 g/mol. The average Bonchev–Trinajstić information content (AvgIpc) is 2.51. The highest BCUT2D eigenvalue weighted by Crippen LogP contribution is 2.38. The summed E-state index contributed by atoms with van der Waals surface area (Å²) in [5.74, 6) is 1.26. The summed E-state index contributed by atoms with van der Waals surface area (Å²) in [6.07, 6.45) is 4.43. The van der Waals surface area contributed by atoms with Crippen molar-refractivity contribution in [3.8, 4) is 0 Å². The van der Waals surface area contributed by atoms with Gasteiger partial charge in [-0.05, 0) is 38.0 Å². The van der Waals surface area contributed by atoms with Crippen LogP contribution in [0, 0.1) is 18.8 Å². The Kier molecular flexibility index (Phi) is 3.75. The Morgan fingerprint density at radius 1 is 1.44 bits per heavy atom. The van der Waals surface area contributed by atoms with E-state index in [0.29, 0.717) is 11.8 Å². The number of hydrogen-bond acceptors (Lipinski definition) is 2. The maximum Gasteiger partial charge on any atom is 0.130 e. The lowest BCUT2D eigenvalue weighted by molar-refractivity contribution is 0.161. The summed E-state index contributed by atoms with van der Waals surface area (Å²) in [5, 5.41) is 5.12. The Morgan fingerprint density at radius 2 is 2.11 bits per heavy atom. The summed E-state index contributed by atoms with van der Waals surface area (Å²) in [5.41, 5.74) is 8.69. The van der Waals surface area contributed by atoms with Gasteiger partial charge in [-0.1, -0.05) is 31.9 Å². The number of aryl methyl sites for hydroxylation is 2. The maximum atomic E-state index is 6.68. The van der Waals surface area contributed by atoms with Crippen molar-refractivity contribution in [3.05, 3.63) is 16.4 Å². The van der Waals surface area contributed by atoms with Gasteiger partial charge in [0.25, 0.3) is 0 Å². The Labute approximate surface area is 115 Å². The monoisotopic (exact) mass is 269 g/mol. The van der Waals surface area contributed by atoms with Crippen LogP contribution in [0.3, 0.4) is 0 Å². The van der Waals surface area contributed by atoms with Gasteiger partial charge in [0.15, 0.2) is 0 Å². The molecule has 0 radical (unpaired) electrons. The summed E-state index contributed by atoms with van der Waals surface area (Å²) < 4.78 is 1.74. The molecule has 1 aliphatic rings. The summed E-state index contributed by atoms with van der Waals surface area (Å²) in [4.78, 5) is 0. The van der Waals surface area contributed by atoms with Crippen LogP contribution >= 0.6 is 11.6 Å². The quantitative estimate of drug-likeness (QED) is 0.897. The first kappa shape index (κ1) is 13.9. The first-order valence-corrected chi connectivity index (χ1v) is 7.18. The Bertz CT molecular complexity index is 440. The standard InChI is InChI=1S/C14H24ClN3/c1-9-5-6-10(2)14(16,7-9)8-12-11(3)17-18(4)13(12)15/h9-10H,5-8,16H2,1-4H3. The highest BCUT2D eigenvalue weighted by atomic mass is 35.5. The van der Waals surface area contributed by atoms with E-state index in [4.69, 9.17) is 17.3 Å². The number of aromatic nitrogens is 2. The van der Waals surface area contributed by atoms with Gasteiger partial charge in [0, 0.05) is 18.2 Å². The van der Waals surface area contributed by atoms with Crippen molar-refractivity contribution in [2.45, 2.75) is 52.0 Å². The van der Waals surface area contributed by atoms with Crippen LogP contribution in [0.4, 0.5) is 0 Å². The molecule has 102 valence electrons. The molecule has 0 saturated heterocycles. The predicted molar refractivity (Wildman–Crippen MR) is 75.8 cm³/mol. The normalized spacial score (nSPS) is 32.8. The zero-order chi connectivity index (χ0) is 13.5. The molecule has 3 nitrogen and oxygen atoms in total. The van der Waals surface area contributed by atoms with Crippen LogP contribution in [0.25, 0.3) is 0 Å². The highest BCUT2D eigenvalue weighted by Gasteiger charge is 2.38. The van der Waals surface area contributed by atoms with Crippen LogP contribution in [0.2, 0.25) is 5.15 Å². The van der Waals surface area contributed by atoms with E-state index in [9.17, 15) is 0 Å². The fourth-order valence-corrected chi connectivity index (χ4v) is 3.47. The van der Waals surface area contributed by atoms with Crippen molar-refractivity contribution in [2.24, 2.45) is 24.6 Å². The van der Waals surface area contributed by atoms with Crippen LogP contribution in [0.5, 0.6) is 0 Å². The topological polar surface area (TPSA) is 43.8 Å². The molecule has 1 fully saturated rings. The van der Waals surface area contributed by atoms with Gasteiger partial charge in [0.2, 0.25) is 0 Å². The second kappa shape index (κ2) is 4.86. The predicted octanol–water partition coefficient (Wildman–Crippen LogP) is 3.08. The summed E-state index contributed by atoms with van der Waals surface area (Å²) in [6.45, 7) is 6.58. The van der Waals surface area contributed by atoms with Crippen LogP contribution in [-0.4, -0.2) is 15.3 Å². The molecule has 2 rings (SSSR count). The lowest BCUT2D eigenvalue weighted by Crippen LogP contribution is -2.51. The Hall–Kier alpha value is -0.540. The lowest BCUT2D eigenvalue weighted by atomic mass is 9.68. The maximum absolute atomic E-state index is 6.68. The van der Waals surface area contributed by atoms with Gasteiger partial charge < -0.3 is 5.73 Å². The van der Waals surface area contributed by atoms with E-state index in [2.05, 4.69) is 18.9 Å². The van der Waals surface area contributed by atoms with Gasteiger partial charge in [-0.25, -0.2) is 0 Å². The van der Waals surface area contributed by atoms with Crippen LogP contribution in [0.15, 0.2) is 0 Å². The van der Waals surface area contributed by atoms with E-state index in [1.54, 1.807) is 4.68 Å². The summed E-state index contributed by atoms with van der Waals surface area (Å²) in [7, 11) is 1.88. The molecule has 1 aromatic heterocycles. The molecular formula is C14H24ClN3. The van der Waals surface area contributed by atoms with Gasteiger partial charge >= 0.3 is 0 Å². The summed E-state index contributed by atoms with van der Waals surface area (Å²) >= 11 is 6.32.